The molecule has 0 aromatic heterocycles. The Hall–Kier alpha value is -0.690. The molecule has 0 atom stereocenters. The van der Waals surface area contributed by atoms with Gasteiger partial charge in [-0.2, -0.15) is 17.0 Å². The third-order valence-electron chi connectivity index (χ3n) is 0.818. The van der Waals surface area contributed by atoms with E-state index in [9.17, 15) is 4.79 Å². The van der Waals surface area contributed by atoms with Gasteiger partial charge in [-0.05, 0) is 0 Å². The van der Waals surface area contributed by atoms with Gasteiger partial charge in [0.15, 0.2) is 0 Å². The zero-order chi connectivity index (χ0) is 7.82. The van der Waals surface area contributed by atoms with E-state index in [1.165, 1.54) is 11.8 Å². The summed E-state index contributed by atoms with van der Waals surface area (Å²) in [5, 5.41) is 16.3. The lowest BCUT2D eigenvalue weighted by Crippen LogP contribution is -1.96. The molecule has 10 heavy (non-hydrogen) atoms. The second kappa shape index (κ2) is 6.43. The molecule has 0 saturated heterocycles. The van der Waals surface area contributed by atoms with Crippen molar-refractivity contribution in [3.05, 3.63) is 0 Å². The van der Waals surface area contributed by atoms with Gasteiger partial charge in [-0.3, -0.25) is 4.79 Å². The molecule has 3 nitrogen and oxygen atoms in total. The second-order valence-electron chi connectivity index (χ2n) is 1.66. The molecule has 1 N–H and O–H groups in total. The zero-order valence-electron chi connectivity index (χ0n) is 5.54. The van der Waals surface area contributed by atoms with Crippen molar-refractivity contribution in [3.8, 4) is 6.07 Å². The first-order valence-electron chi connectivity index (χ1n) is 2.94. The number of hydrogen-bond donors (Lipinski definition) is 1. The van der Waals surface area contributed by atoms with Crippen molar-refractivity contribution in [1.82, 2.24) is 0 Å². The summed E-state index contributed by atoms with van der Waals surface area (Å²) in [4.78, 5) is 9.95. The summed E-state index contributed by atoms with van der Waals surface area (Å²) in [6, 6.07) is 1.99. The van der Waals surface area contributed by atoms with Crippen molar-refractivity contribution < 1.29 is 9.90 Å². The highest BCUT2D eigenvalue weighted by atomic mass is 32.2. The van der Waals surface area contributed by atoms with Crippen LogP contribution in [0.2, 0.25) is 0 Å². The fraction of sp³-hybridized carbons (Fsp3) is 0.667. The highest BCUT2D eigenvalue weighted by Gasteiger charge is 1.94. The van der Waals surface area contributed by atoms with Gasteiger partial charge in [-0.25, -0.2) is 0 Å². The van der Waals surface area contributed by atoms with Crippen LogP contribution >= 0.6 is 11.8 Å². The van der Waals surface area contributed by atoms with E-state index in [2.05, 4.69) is 0 Å². The lowest BCUT2D eigenvalue weighted by atomic mass is 10.5. The zero-order valence-corrected chi connectivity index (χ0v) is 6.36. The molecule has 0 heterocycles. The molecule has 0 aromatic rings. The van der Waals surface area contributed by atoms with Gasteiger partial charge in [-0.1, -0.05) is 0 Å². The predicted octanol–water partition coefficient (Wildman–Crippen LogP) is 1.11. The molecule has 0 amide bonds. The van der Waals surface area contributed by atoms with E-state index in [-0.39, 0.29) is 6.42 Å². The van der Waals surface area contributed by atoms with E-state index in [4.69, 9.17) is 10.4 Å². The van der Waals surface area contributed by atoms with Crippen molar-refractivity contribution in [3.63, 3.8) is 0 Å². The van der Waals surface area contributed by atoms with Crippen LogP contribution < -0.4 is 0 Å². The van der Waals surface area contributed by atoms with Crippen LogP contribution in [0.15, 0.2) is 0 Å². The average Bonchev–Trinajstić information content (AvgIpc) is 1.87. The fourth-order valence-corrected chi connectivity index (χ4v) is 1.14. The van der Waals surface area contributed by atoms with Crippen molar-refractivity contribution >= 4 is 17.7 Å². The normalized spacial score (nSPS) is 8.70. The minimum absolute atomic E-state index is 0.191. The number of carboxylic acid groups (broad SMARTS) is 1. The first kappa shape index (κ1) is 9.31. The quantitative estimate of drug-likeness (QED) is 0.610. The number of aliphatic carboxylic acids is 1. The third-order valence-corrected chi connectivity index (χ3v) is 1.80. The van der Waals surface area contributed by atoms with Crippen LogP contribution in [0, 0.1) is 11.3 Å². The van der Waals surface area contributed by atoms with Gasteiger partial charge in [0.1, 0.15) is 0 Å². The second-order valence-corrected chi connectivity index (χ2v) is 2.89. The summed E-state index contributed by atoms with van der Waals surface area (Å²) in [5.41, 5.74) is 0. The summed E-state index contributed by atoms with van der Waals surface area (Å²) >= 11 is 1.50. The number of carboxylic acids is 1. The highest BCUT2D eigenvalue weighted by Crippen LogP contribution is 2.03. The number of carbonyl (C=O) groups is 1. The van der Waals surface area contributed by atoms with Crippen LogP contribution in [0.1, 0.15) is 12.8 Å². The van der Waals surface area contributed by atoms with E-state index in [0.29, 0.717) is 12.2 Å². The van der Waals surface area contributed by atoms with Gasteiger partial charge in [0, 0.05) is 17.9 Å². The summed E-state index contributed by atoms with van der Waals surface area (Å²) in [5.74, 6) is 0.574. The average molecular weight is 159 g/mol. The fourth-order valence-electron chi connectivity index (χ4n) is 0.379. The molecule has 0 aliphatic carbocycles. The Morgan fingerprint density at radius 2 is 2.30 bits per heavy atom. The lowest BCUT2D eigenvalue weighted by molar-refractivity contribution is -0.136. The first-order chi connectivity index (χ1) is 4.77. The molecule has 0 bridgehead atoms. The Kier molecular flexibility index (Phi) is 5.99. The standard InChI is InChI=1S/C6H9NO2S/c7-3-1-4-10-5-2-6(8)9/h1-2,4-5H2,(H,8,9). The van der Waals surface area contributed by atoms with Crippen molar-refractivity contribution in [2.24, 2.45) is 0 Å². The van der Waals surface area contributed by atoms with Crippen LogP contribution in [0.4, 0.5) is 0 Å². The Morgan fingerprint density at radius 3 is 2.80 bits per heavy atom. The smallest absolute Gasteiger partial charge is 0.304 e. The molecule has 0 saturated carbocycles. The monoisotopic (exact) mass is 159 g/mol. The summed E-state index contributed by atoms with van der Waals surface area (Å²) in [7, 11) is 0. The lowest BCUT2D eigenvalue weighted by Gasteiger charge is -1.92. The van der Waals surface area contributed by atoms with E-state index in [0.717, 1.165) is 5.75 Å². The van der Waals surface area contributed by atoms with Crippen LogP contribution in [0.3, 0.4) is 0 Å². The molecule has 0 unspecified atom stereocenters. The minimum atomic E-state index is -0.774. The summed E-state index contributed by atoms with van der Waals surface area (Å²) in [6.45, 7) is 0. The van der Waals surface area contributed by atoms with Crippen molar-refractivity contribution in [2.75, 3.05) is 11.5 Å². The molecular weight excluding hydrogens is 150 g/mol. The molecule has 0 aromatic carbocycles. The largest absolute Gasteiger partial charge is 0.481 e. The molecule has 0 spiro atoms. The number of nitriles is 1. The Labute approximate surface area is 64.0 Å². The highest BCUT2D eigenvalue weighted by molar-refractivity contribution is 7.99. The van der Waals surface area contributed by atoms with Crippen LogP contribution in [-0.4, -0.2) is 22.6 Å². The Bertz CT molecular complexity index is 141. The van der Waals surface area contributed by atoms with Crippen LogP contribution in [-0.2, 0) is 4.79 Å². The topological polar surface area (TPSA) is 61.1 Å². The van der Waals surface area contributed by atoms with Gasteiger partial charge in [0.25, 0.3) is 0 Å². The van der Waals surface area contributed by atoms with Gasteiger partial charge in [0.05, 0.1) is 12.5 Å². The molecule has 0 rings (SSSR count). The first-order valence-corrected chi connectivity index (χ1v) is 4.09. The molecule has 4 heteroatoms. The van der Waals surface area contributed by atoms with E-state index in [1.54, 1.807) is 0 Å². The van der Waals surface area contributed by atoms with Crippen LogP contribution in [0.25, 0.3) is 0 Å². The van der Waals surface area contributed by atoms with E-state index >= 15 is 0 Å². The number of hydrogen-bond acceptors (Lipinski definition) is 3. The van der Waals surface area contributed by atoms with Crippen molar-refractivity contribution in [1.29, 1.82) is 5.26 Å². The number of nitrogens with zero attached hydrogens (tertiary/aromatic N) is 1. The predicted molar refractivity (Wildman–Crippen MR) is 39.8 cm³/mol. The maximum atomic E-state index is 9.95. The molecule has 0 aliphatic heterocycles. The van der Waals surface area contributed by atoms with Gasteiger partial charge in [0.2, 0.25) is 0 Å². The maximum absolute atomic E-state index is 9.95. The number of thioether (sulfide) groups is 1. The van der Waals surface area contributed by atoms with Gasteiger partial charge >= 0.3 is 5.97 Å². The summed E-state index contributed by atoms with van der Waals surface area (Å²) in [6.07, 6.45) is 0.695. The number of rotatable bonds is 5. The Morgan fingerprint density at radius 1 is 1.60 bits per heavy atom. The molecule has 0 fully saturated rings. The van der Waals surface area contributed by atoms with Crippen LogP contribution in [0.5, 0.6) is 0 Å². The molecule has 0 radical (unpaired) electrons. The minimum Gasteiger partial charge on any atom is -0.481 e. The third kappa shape index (κ3) is 7.31. The molecule has 0 aliphatic rings. The van der Waals surface area contributed by atoms with E-state index < -0.39 is 5.97 Å². The summed E-state index contributed by atoms with van der Waals surface area (Å²) < 4.78 is 0. The Balaban J connectivity index is 2.92. The van der Waals surface area contributed by atoms with E-state index in [1.807, 2.05) is 6.07 Å². The molecular formula is C6H9NO2S. The van der Waals surface area contributed by atoms with Gasteiger partial charge in [-0.15, -0.1) is 0 Å². The van der Waals surface area contributed by atoms with Gasteiger partial charge < -0.3 is 5.11 Å². The maximum Gasteiger partial charge on any atom is 0.304 e. The molecule has 56 valence electrons. The van der Waals surface area contributed by atoms with Crippen molar-refractivity contribution in [2.45, 2.75) is 12.8 Å². The SMILES string of the molecule is N#CCCSCCC(=O)O.